The van der Waals surface area contributed by atoms with E-state index >= 15 is 0 Å². The molecule has 0 N–H and O–H groups in total. The van der Waals surface area contributed by atoms with Crippen LogP contribution in [0.25, 0.3) is 0 Å². The van der Waals surface area contributed by atoms with Gasteiger partial charge in [0, 0.05) is 25.7 Å². The number of hydrogen-bond donors (Lipinski definition) is 0. The third-order valence-corrected chi connectivity index (χ3v) is 10.6. The van der Waals surface area contributed by atoms with Gasteiger partial charge in [-0.25, -0.2) is 9.59 Å². The van der Waals surface area contributed by atoms with E-state index in [1.807, 2.05) is 6.92 Å². The monoisotopic (exact) mass is 528 g/mol. The third-order valence-electron chi connectivity index (χ3n) is 10.6. The Hall–Kier alpha value is -2.71. The second-order valence-corrected chi connectivity index (χ2v) is 12.3. The van der Waals surface area contributed by atoms with Crippen LogP contribution in [0.1, 0.15) is 86.5 Å². The zero-order valence-electron chi connectivity index (χ0n) is 23.4. The number of esters is 2. The minimum atomic E-state index is -0.974. The van der Waals surface area contributed by atoms with E-state index in [1.54, 1.807) is 6.92 Å². The van der Waals surface area contributed by atoms with Crippen LogP contribution in [-0.2, 0) is 33.5 Å². The van der Waals surface area contributed by atoms with Crippen molar-refractivity contribution in [2.75, 3.05) is 6.61 Å². The molecule has 208 valence electrons. The molecule has 38 heavy (non-hydrogen) atoms. The van der Waals surface area contributed by atoms with Gasteiger partial charge in [0.15, 0.2) is 11.3 Å². The van der Waals surface area contributed by atoms with Crippen LogP contribution in [0, 0.1) is 34.5 Å². The molecule has 3 fully saturated rings. The van der Waals surface area contributed by atoms with Gasteiger partial charge in [-0.05, 0) is 75.5 Å². The van der Waals surface area contributed by atoms with Gasteiger partial charge in [0.25, 0.3) is 0 Å². The van der Waals surface area contributed by atoms with E-state index in [2.05, 4.69) is 30.2 Å². The number of rotatable bonds is 5. The summed E-state index contributed by atoms with van der Waals surface area (Å²) in [6, 6.07) is 0. The molecule has 1 aliphatic heterocycles. The predicted molar refractivity (Wildman–Crippen MR) is 139 cm³/mol. The van der Waals surface area contributed by atoms with Crippen molar-refractivity contribution in [3.05, 3.63) is 11.6 Å². The second kappa shape index (κ2) is 9.49. The van der Waals surface area contributed by atoms with Gasteiger partial charge in [-0.15, -0.1) is 0 Å². The van der Waals surface area contributed by atoms with Crippen molar-refractivity contribution in [3.63, 3.8) is 0 Å². The van der Waals surface area contributed by atoms with Crippen molar-refractivity contribution in [2.45, 2.75) is 98.2 Å². The Bertz CT molecular complexity index is 1130. The maximum absolute atomic E-state index is 13.0. The lowest BCUT2D eigenvalue weighted by Crippen LogP contribution is -2.59. The summed E-state index contributed by atoms with van der Waals surface area (Å²) < 4.78 is 10.9. The quantitative estimate of drug-likeness (QED) is 0.167. The minimum Gasteiger partial charge on any atom is -0.462 e. The first-order valence-corrected chi connectivity index (χ1v) is 14.0. The van der Waals surface area contributed by atoms with Gasteiger partial charge < -0.3 is 19.1 Å². The fourth-order valence-electron chi connectivity index (χ4n) is 8.97. The van der Waals surface area contributed by atoms with Crippen LogP contribution in [0.5, 0.6) is 0 Å². The Kier molecular flexibility index (Phi) is 6.71. The maximum Gasteiger partial charge on any atom is 0.356 e. The molecule has 9 heteroatoms. The number of nitrogens with zero attached hydrogens (tertiary/aromatic N) is 2. The van der Waals surface area contributed by atoms with Crippen molar-refractivity contribution < 1.29 is 33.5 Å². The zero-order chi connectivity index (χ0) is 27.5. The molecule has 0 amide bonds. The predicted octanol–water partition coefficient (Wildman–Crippen LogP) is 4.73. The number of fused-ring (bicyclic) bond motifs is 7. The standard InChI is InChI=1S/C29H40N2O7/c1-7-35-26(34)25-24-15-23-21-9-8-19-14-20(36-17(3)32)10-12-27(19,5)22(21)11-13-28(23,6)29(24,38-31-25)16(2)30-37-18(4)33/h8,20-24H,7,9-15H2,1-6H3/b30-16+/t20-,21-,22-,23-,24-,27-,28-,29+/m0/s1. The average molecular weight is 529 g/mol. The molecule has 5 aliphatic rings. The van der Waals surface area contributed by atoms with Crippen LogP contribution in [0.2, 0.25) is 0 Å². The molecule has 0 aromatic rings. The normalized spacial score (nSPS) is 41.3. The number of oxime groups is 2. The van der Waals surface area contributed by atoms with Crippen molar-refractivity contribution in [3.8, 4) is 0 Å². The molecule has 8 atom stereocenters. The molecule has 5 rings (SSSR count). The minimum absolute atomic E-state index is 0.0387. The molecule has 0 radical (unpaired) electrons. The van der Waals surface area contributed by atoms with Crippen molar-refractivity contribution in [1.82, 2.24) is 0 Å². The van der Waals surface area contributed by atoms with Crippen molar-refractivity contribution in [1.29, 1.82) is 0 Å². The van der Waals surface area contributed by atoms with E-state index in [9.17, 15) is 14.4 Å². The highest BCUT2D eigenvalue weighted by molar-refractivity contribution is 6.38. The van der Waals surface area contributed by atoms with Gasteiger partial charge >= 0.3 is 17.9 Å². The highest BCUT2D eigenvalue weighted by atomic mass is 16.7. The van der Waals surface area contributed by atoms with E-state index in [0.29, 0.717) is 23.3 Å². The molecule has 4 aliphatic carbocycles. The van der Waals surface area contributed by atoms with Gasteiger partial charge in [0.1, 0.15) is 11.8 Å². The summed E-state index contributed by atoms with van der Waals surface area (Å²) in [6.45, 7) is 11.3. The van der Waals surface area contributed by atoms with Crippen LogP contribution in [0.15, 0.2) is 22.0 Å². The summed E-state index contributed by atoms with van der Waals surface area (Å²) in [5.74, 6) is -0.351. The van der Waals surface area contributed by atoms with Crippen LogP contribution in [0.3, 0.4) is 0 Å². The SMILES string of the molecule is CCOC(=O)C1=NO[C@]2(/C(C)=N/OC(C)=O)[C@H]1C[C@H]1[C@H]3CC=C4C[C@@H](OC(C)=O)CC[C@]4(C)[C@H]3CC[C@@]12C. The fourth-order valence-corrected chi connectivity index (χ4v) is 8.97. The number of carbonyl (C=O) groups excluding carboxylic acids is 3. The van der Waals surface area contributed by atoms with Crippen LogP contribution >= 0.6 is 0 Å². The molecular weight excluding hydrogens is 488 g/mol. The van der Waals surface area contributed by atoms with E-state index < -0.39 is 17.5 Å². The van der Waals surface area contributed by atoms with E-state index in [-0.39, 0.29) is 41.3 Å². The van der Waals surface area contributed by atoms with Crippen molar-refractivity contribution >= 4 is 29.3 Å². The fraction of sp³-hybridized carbons (Fsp3) is 0.759. The molecule has 1 heterocycles. The lowest BCUT2D eigenvalue weighted by Gasteiger charge is -2.58. The van der Waals surface area contributed by atoms with Crippen LogP contribution < -0.4 is 0 Å². The Morgan fingerprint density at radius 1 is 1.11 bits per heavy atom. The van der Waals surface area contributed by atoms with Crippen LogP contribution in [0.4, 0.5) is 0 Å². The van der Waals surface area contributed by atoms with Gasteiger partial charge in [-0.3, -0.25) is 4.79 Å². The van der Waals surface area contributed by atoms with Crippen molar-refractivity contribution in [2.24, 2.45) is 44.8 Å². The highest BCUT2D eigenvalue weighted by Crippen LogP contribution is 2.70. The van der Waals surface area contributed by atoms with Crippen LogP contribution in [-0.4, -0.2) is 47.6 Å². The molecule has 3 saturated carbocycles. The molecule has 0 aromatic heterocycles. The number of allylic oxidation sites excluding steroid dienone is 1. The molecule has 0 bridgehead atoms. The Balaban J connectivity index is 1.50. The summed E-state index contributed by atoms with van der Waals surface area (Å²) in [5, 5.41) is 8.47. The first-order chi connectivity index (χ1) is 18.0. The third kappa shape index (κ3) is 3.82. The molecule has 0 aromatic carbocycles. The molecular formula is C29H40N2O7. The van der Waals surface area contributed by atoms with E-state index in [4.69, 9.17) is 19.1 Å². The molecule has 0 saturated heterocycles. The van der Waals surface area contributed by atoms with Gasteiger partial charge in [-0.2, -0.15) is 0 Å². The Morgan fingerprint density at radius 3 is 2.55 bits per heavy atom. The first kappa shape index (κ1) is 26.9. The summed E-state index contributed by atoms with van der Waals surface area (Å²) in [5.41, 5.74) is 0.983. The summed E-state index contributed by atoms with van der Waals surface area (Å²) >= 11 is 0. The molecule has 0 unspecified atom stereocenters. The topological polar surface area (TPSA) is 113 Å². The van der Waals surface area contributed by atoms with E-state index in [1.165, 1.54) is 19.4 Å². The maximum atomic E-state index is 13.0. The summed E-state index contributed by atoms with van der Waals surface area (Å²) in [7, 11) is 0. The Morgan fingerprint density at radius 2 is 1.87 bits per heavy atom. The Labute approximate surface area is 224 Å². The number of ether oxygens (including phenoxy) is 2. The van der Waals surface area contributed by atoms with E-state index in [0.717, 1.165) is 44.9 Å². The lowest BCUT2D eigenvalue weighted by atomic mass is 9.46. The largest absolute Gasteiger partial charge is 0.462 e. The van der Waals surface area contributed by atoms with Gasteiger partial charge in [0.05, 0.1) is 12.5 Å². The number of hydrogen-bond acceptors (Lipinski definition) is 9. The average Bonchev–Trinajstić information content (AvgIpc) is 3.36. The number of carbonyl (C=O) groups is 3. The van der Waals surface area contributed by atoms with Gasteiger partial charge in [-0.1, -0.05) is 35.8 Å². The summed E-state index contributed by atoms with van der Waals surface area (Å²) in [6.07, 6.45) is 8.60. The smallest absolute Gasteiger partial charge is 0.356 e. The first-order valence-electron chi connectivity index (χ1n) is 14.0. The zero-order valence-corrected chi connectivity index (χ0v) is 23.4. The molecule has 0 spiro atoms. The lowest BCUT2D eigenvalue weighted by molar-refractivity contribution is -0.149. The summed E-state index contributed by atoms with van der Waals surface area (Å²) in [4.78, 5) is 47.5. The van der Waals surface area contributed by atoms with Gasteiger partial charge in [0.2, 0.25) is 0 Å². The second-order valence-electron chi connectivity index (χ2n) is 12.3. The molecule has 9 nitrogen and oxygen atoms in total. The highest BCUT2D eigenvalue weighted by Gasteiger charge is 2.74.